The molecule has 11 heteroatoms. The van der Waals surface area contributed by atoms with Gasteiger partial charge in [0.05, 0.1) is 11.3 Å². The molecule has 0 radical (unpaired) electrons. The monoisotopic (exact) mass is 402 g/mol. The number of amides is 2. The smallest absolute Gasteiger partial charge is 0.339 e. The molecule has 2 amide bonds. The van der Waals surface area contributed by atoms with Gasteiger partial charge in [0.2, 0.25) is 5.91 Å². The molecular weight excluding hydrogens is 388 g/mol. The summed E-state index contributed by atoms with van der Waals surface area (Å²) in [6, 6.07) is 9.58. The maximum absolute atomic E-state index is 12.3. The predicted octanol–water partition coefficient (Wildman–Crippen LogP) is 2.19. The quantitative estimate of drug-likeness (QED) is 0.429. The zero-order chi connectivity index (χ0) is 19.8. The molecule has 28 heavy (non-hydrogen) atoms. The third kappa shape index (κ3) is 5.45. The number of ether oxygens (including phenoxy) is 1. The van der Waals surface area contributed by atoms with E-state index >= 15 is 0 Å². The lowest BCUT2D eigenvalue weighted by molar-refractivity contribution is -0.119. The molecule has 1 aromatic carbocycles. The van der Waals surface area contributed by atoms with Gasteiger partial charge in [-0.25, -0.2) is 4.79 Å². The molecule has 0 unspecified atom stereocenters. The van der Waals surface area contributed by atoms with Crippen molar-refractivity contribution in [3.8, 4) is 0 Å². The summed E-state index contributed by atoms with van der Waals surface area (Å²) >= 11 is 1.15. The van der Waals surface area contributed by atoms with E-state index in [2.05, 4.69) is 30.0 Å². The fourth-order valence-electron chi connectivity index (χ4n) is 2.03. The Balaban J connectivity index is 1.52. The molecule has 3 aromatic rings. The molecule has 3 rings (SSSR count). The van der Waals surface area contributed by atoms with E-state index in [0.717, 1.165) is 11.8 Å². The molecule has 0 aliphatic heterocycles. The van der Waals surface area contributed by atoms with E-state index in [1.807, 2.05) is 0 Å². The summed E-state index contributed by atoms with van der Waals surface area (Å²) in [5, 5.41) is 12.1. The van der Waals surface area contributed by atoms with Crippen molar-refractivity contribution in [3.63, 3.8) is 0 Å². The number of hydrogen-bond acceptors (Lipinski definition) is 9. The molecule has 0 fully saturated rings. The van der Waals surface area contributed by atoms with Gasteiger partial charge >= 0.3 is 5.97 Å². The number of hydrogen-bond donors (Lipinski definition) is 2. The fourth-order valence-corrected chi connectivity index (χ4v) is 2.87. The number of nitrogens with one attached hydrogen (secondary N) is 2. The van der Waals surface area contributed by atoms with Crippen LogP contribution in [-0.4, -0.2) is 40.5 Å². The van der Waals surface area contributed by atoms with E-state index < -0.39 is 18.5 Å². The molecule has 2 heterocycles. The topological polar surface area (TPSA) is 137 Å². The zero-order valence-electron chi connectivity index (χ0n) is 14.3. The molecule has 0 saturated heterocycles. The number of carbonyl (C=O) groups excluding carboxylic acids is 3. The van der Waals surface area contributed by atoms with Crippen LogP contribution in [0.2, 0.25) is 0 Å². The Labute approximate surface area is 162 Å². The minimum absolute atomic E-state index is 0.0454. The van der Waals surface area contributed by atoms with Crippen molar-refractivity contribution in [3.05, 3.63) is 54.5 Å². The molecule has 144 valence electrons. The van der Waals surface area contributed by atoms with Crippen LogP contribution in [0.3, 0.4) is 0 Å². The first kappa shape index (κ1) is 19.2. The number of aromatic nitrogens is 2. The van der Waals surface area contributed by atoms with Crippen molar-refractivity contribution < 1.29 is 28.2 Å². The van der Waals surface area contributed by atoms with Crippen LogP contribution in [0.5, 0.6) is 0 Å². The Hall–Kier alpha value is -3.60. The average Bonchev–Trinajstić information content (AvgIpc) is 3.39. The molecule has 0 aliphatic rings. The van der Waals surface area contributed by atoms with Crippen LogP contribution in [0.1, 0.15) is 10.4 Å². The van der Waals surface area contributed by atoms with E-state index in [0.29, 0.717) is 10.7 Å². The summed E-state index contributed by atoms with van der Waals surface area (Å²) in [4.78, 5) is 36.5. The Morgan fingerprint density at radius 3 is 2.21 bits per heavy atom. The van der Waals surface area contributed by atoms with Crippen molar-refractivity contribution in [1.82, 2.24) is 10.3 Å². The number of benzene rings is 1. The van der Waals surface area contributed by atoms with Crippen molar-refractivity contribution in [2.45, 2.75) is 4.90 Å². The molecule has 0 saturated carbocycles. The SMILES string of the molecule is O=C(COC(=O)c1ccccc1SCC(=O)Nc1ccon1)Nc1ccon1. The maximum atomic E-state index is 12.3. The maximum Gasteiger partial charge on any atom is 0.339 e. The second-order valence-electron chi connectivity index (χ2n) is 5.23. The Morgan fingerprint density at radius 2 is 1.57 bits per heavy atom. The van der Waals surface area contributed by atoms with Crippen molar-refractivity contribution in [2.24, 2.45) is 0 Å². The third-order valence-corrected chi connectivity index (χ3v) is 4.28. The van der Waals surface area contributed by atoms with Gasteiger partial charge in [0, 0.05) is 17.0 Å². The molecule has 0 spiro atoms. The molecular formula is C17H14N4O6S. The highest BCUT2D eigenvalue weighted by Gasteiger charge is 2.16. The van der Waals surface area contributed by atoms with Crippen LogP contribution in [0.25, 0.3) is 0 Å². The summed E-state index contributed by atoms with van der Waals surface area (Å²) < 4.78 is 14.2. The minimum Gasteiger partial charge on any atom is -0.452 e. The Morgan fingerprint density at radius 1 is 0.929 bits per heavy atom. The van der Waals surface area contributed by atoms with E-state index in [1.54, 1.807) is 24.3 Å². The van der Waals surface area contributed by atoms with Gasteiger partial charge in [0.25, 0.3) is 5.91 Å². The first-order valence-electron chi connectivity index (χ1n) is 7.91. The van der Waals surface area contributed by atoms with Gasteiger partial charge in [-0.1, -0.05) is 22.4 Å². The minimum atomic E-state index is -0.685. The van der Waals surface area contributed by atoms with Crippen molar-refractivity contribution in [2.75, 3.05) is 23.0 Å². The van der Waals surface area contributed by atoms with Gasteiger partial charge in [-0.15, -0.1) is 11.8 Å². The van der Waals surface area contributed by atoms with Crippen LogP contribution in [0.15, 0.2) is 62.9 Å². The number of anilines is 2. The lowest BCUT2D eigenvalue weighted by Crippen LogP contribution is -2.21. The van der Waals surface area contributed by atoms with Gasteiger partial charge in [-0.3, -0.25) is 9.59 Å². The second kappa shape index (κ2) is 9.37. The number of thioether (sulfide) groups is 1. The third-order valence-electron chi connectivity index (χ3n) is 3.21. The van der Waals surface area contributed by atoms with Crippen molar-refractivity contribution in [1.29, 1.82) is 0 Å². The molecule has 0 bridgehead atoms. The number of carbonyl (C=O) groups is 3. The van der Waals surface area contributed by atoms with E-state index in [1.165, 1.54) is 24.7 Å². The molecule has 0 atom stereocenters. The number of nitrogens with zero attached hydrogens (tertiary/aromatic N) is 2. The number of rotatable bonds is 8. The summed E-state index contributed by atoms with van der Waals surface area (Å²) in [6.45, 7) is -0.489. The summed E-state index contributed by atoms with van der Waals surface area (Å²) in [7, 11) is 0. The first-order chi connectivity index (χ1) is 13.6. The largest absolute Gasteiger partial charge is 0.452 e. The van der Waals surface area contributed by atoms with Crippen LogP contribution < -0.4 is 10.6 Å². The van der Waals surface area contributed by atoms with Crippen LogP contribution in [0, 0.1) is 0 Å². The number of esters is 1. The summed E-state index contributed by atoms with van der Waals surface area (Å²) in [5.41, 5.74) is 0.246. The lowest BCUT2D eigenvalue weighted by atomic mass is 10.2. The van der Waals surface area contributed by atoms with Gasteiger partial charge < -0.3 is 24.4 Å². The van der Waals surface area contributed by atoms with Gasteiger partial charge in [0.15, 0.2) is 18.2 Å². The first-order valence-corrected chi connectivity index (χ1v) is 8.90. The van der Waals surface area contributed by atoms with Crippen LogP contribution >= 0.6 is 11.8 Å². The molecule has 10 nitrogen and oxygen atoms in total. The molecule has 0 aliphatic carbocycles. The van der Waals surface area contributed by atoms with E-state index in [4.69, 9.17) is 4.74 Å². The van der Waals surface area contributed by atoms with Gasteiger partial charge in [0.1, 0.15) is 12.5 Å². The zero-order valence-corrected chi connectivity index (χ0v) is 15.1. The Bertz CT molecular complexity index is 942. The highest BCUT2D eigenvalue weighted by molar-refractivity contribution is 8.00. The normalized spacial score (nSPS) is 10.3. The van der Waals surface area contributed by atoms with Crippen LogP contribution in [-0.2, 0) is 14.3 Å². The standard InChI is InChI=1S/C17H14N4O6S/c22-15(18-13-5-7-26-20-13)9-25-17(24)11-3-1-2-4-12(11)28-10-16(23)19-14-6-8-27-21-14/h1-8H,9-10H2,(H,18,20,22)(H,19,21,23). The van der Waals surface area contributed by atoms with E-state index in [-0.39, 0.29) is 23.0 Å². The highest BCUT2D eigenvalue weighted by atomic mass is 32.2. The highest BCUT2D eigenvalue weighted by Crippen LogP contribution is 2.23. The molecule has 2 aromatic heterocycles. The van der Waals surface area contributed by atoms with Crippen LogP contribution in [0.4, 0.5) is 11.6 Å². The lowest BCUT2D eigenvalue weighted by Gasteiger charge is -2.09. The van der Waals surface area contributed by atoms with Gasteiger partial charge in [-0.05, 0) is 12.1 Å². The van der Waals surface area contributed by atoms with Crippen molar-refractivity contribution >= 4 is 41.2 Å². The summed E-state index contributed by atoms with van der Waals surface area (Å²) in [5.74, 6) is -0.987. The van der Waals surface area contributed by atoms with E-state index in [9.17, 15) is 14.4 Å². The summed E-state index contributed by atoms with van der Waals surface area (Å²) in [6.07, 6.45) is 2.64. The van der Waals surface area contributed by atoms with Gasteiger partial charge in [-0.2, -0.15) is 0 Å². The molecule has 2 N–H and O–H groups in total. The Kier molecular flexibility index (Phi) is 6.41. The predicted molar refractivity (Wildman–Crippen MR) is 97.7 cm³/mol. The fraction of sp³-hybridized carbons (Fsp3) is 0.118. The second-order valence-corrected chi connectivity index (χ2v) is 6.24. The average molecular weight is 402 g/mol.